The minimum Gasteiger partial charge on any atom is -0.383 e. The smallest absolute Gasteiger partial charge is 0.0781 e. The molecule has 0 unspecified atom stereocenters. The van der Waals surface area contributed by atoms with Crippen molar-refractivity contribution in [2.75, 3.05) is 13.7 Å². The lowest BCUT2D eigenvalue weighted by atomic mass is 9.93. The molecule has 1 heterocycles. The molecule has 1 aliphatic carbocycles. The van der Waals surface area contributed by atoms with Crippen LogP contribution < -0.4 is 5.73 Å². The topological polar surface area (TPSA) is 66.0 Å². The molecule has 1 aliphatic rings. The van der Waals surface area contributed by atoms with Gasteiger partial charge in [0.05, 0.1) is 30.6 Å². The number of nitrogens with zero attached hydrogens (tertiary/aromatic N) is 3. The molecule has 0 spiro atoms. The summed E-state index contributed by atoms with van der Waals surface area (Å²) in [5, 5.41) is 7.98. The second-order valence-electron chi connectivity index (χ2n) is 3.75. The van der Waals surface area contributed by atoms with Crippen molar-refractivity contribution in [3.8, 4) is 0 Å². The van der Waals surface area contributed by atoms with Crippen LogP contribution in [0, 0.1) is 0 Å². The molecule has 1 saturated carbocycles. The highest BCUT2D eigenvalue weighted by Gasteiger charge is 2.24. The molecule has 2 N–H and O–H groups in total. The van der Waals surface area contributed by atoms with E-state index in [4.69, 9.17) is 10.5 Å². The Labute approximate surface area is 83.2 Å². The first-order valence-corrected chi connectivity index (χ1v) is 4.97. The number of nitrogens with two attached hydrogens (primary N) is 1. The van der Waals surface area contributed by atoms with Gasteiger partial charge < -0.3 is 10.5 Å². The lowest BCUT2D eigenvalue weighted by molar-refractivity contribution is 0.173. The van der Waals surface area contributed by atoms with Gasteiger partial charge >= 0.3 is 0 Å². The molecule has 5 nitrogen and oxygen atoms in total. The first kappa shape index (κ1) is 9.61. The van der Waals surface area contributed by atoms with E-state index < -0.39 is 0 Å². The summed E-state index contributed by atoms with van der Waals surface area (Å²) in [5.74, 6) is 0. The molecule has 1 atom stereocenters. The van der Waals surface area contributed by atoms with Crippen LogP contribution in [0.2, 0.25) is 0 Å². The van der Waals surface area contributed by atoms with Crippen LogP contribution in [-0.2, 0) is 4.74 Å². The average molecular weight is 196 g/mol. The minimum absolute atomic E-state index is 0.115. The Bertz CT molecular complexity index is 295. The number of rotatable bonds is 4. The molecule has 2 rings (SSSR count). The van der Waals surface area contributed by atoms with Crippen molar-refractivity contribution in [1.29, 1.82) is 0 Å². The van der Waals surface area contributed by atoms with Crippen molar-refractivity contribution in [3.63, 3.8) is 0 Å². The average Bonchev–Trinajstić information content (AvgIpc) is 2.50. The summed E-state index contributed by atoms with van der Waals surface area (Å²) < 4.78 is 6.97. The van der Waals surface area contributed by atoms with Crippen LogP contribution in [-0.4, -0.2) is 28.7 Å². The molecule has 0 aliphatic heterocycles. The van der Waals surface area contributed by atoms with Gasteiger partial charge in [0.25, 0.3) is 0 Å². The van der Waals surface area contributed by atoms with Crippen molar-refractivity contribution in [2.24, 2.45) is 5.73 Å². The molecule has 0 radical (unpaired) electrons. The zero-order valence-electron chi connectivity index (χ0n) is 8.39. The van der Waals surface area contributed by atoms with Gasteiger partial charge in [-0.1, -0.05) is 5.21 Å². The zero-order chi connectivity index (χ0) is 9.97. The molecule has 78 valence electrons. The van der Waals surface area contributed by atoms with Gasteiger partial charge in [0, 0.05) is 7.11 Å². The van der Waals surface area contributed by atoms with E-state index in [9.17, 15) is 0 Å². The third kappa shape index (κ3) is 1.65. The summed E-state index contributed by atoms with van der Waals surface area (Å²) in [6.07, 6.45) is 5.40. The fraction of sp³-hybridized carbons (Fsp3) is 0.778. The highest BCUT2D eigenvalue weighted by Crippen LogP contribution is 2.32. The molecule has 0 amide bonds. The quantitative estimate of drug-likeness (QED) is 0.767. The Morgan fingerprint density at radius 2 is 2.50 bits per heavy atom. The fourth-order valence-corrected chi connectivity index (χ4v) is 1.70. The maximum absolute atomic E-state index is 5.94. The Hall–Kier alpha value is -0.940. The number of ether oxygens (including phenoxy) is 1. The number of hydrogen-bond acceptors (Lipinski definition) is 4. The summed E-state index contributed by atoms with van der Waals surface area (Å²) >= 11 is 0. The second-order valence-corrected chi connectivity index (χ2v) is 3.75. The van der Waals surface area contributed by atoms with Gasteiger partial charge in [0.1, 0.15) is 0 Å². The summed E-state index contributed by atoms with van der Waals surface area (Å²) in [5.41, 5.74) is 6.92. The molecule has 0 saturated heterocycles. The van der Waals surface area contributed by atoms with Gasteiger partial charge in [-0.2, -0.15) is 0 Å². The van der Waals surface area contributed by atoms with E-state index in [1.165, 1.54) is 19.3 Å². The molecule has 14 heavy (non-hydrogen) atoms. The van der Waals surface area contributed by atoms with Crippen LogP contribution in [0.3, 0.4) is 0 Å². The largest absolute Gasteiger partial charge is 0.383 e. The highest BCUT2D eigenvalue weighted by molar-refractivity contribution is 5.03. The third-order valence-electron chi connectivity index (χ3n) is 2.75. The summed E-state index contributed by atoms with van der Waals surface area (Å²) in [4.78, 5) is 0. The molecular weight excluding hydrogens is 180 g/mol. The van der Waals surface area contributed by atoms with E-state index in [2.05, 4.69) is 10.3 Å². The number of aromatic nitrogens is 3. The SMILES string of the molecule is COC[C@H](N)c1cnnn1C1CCC1. The van der Waals surface area contributed by atoms with Crippen LogP contribution in [0.4, 0.5) is 0 Å². The maximum Gasteiger partial charge on any atom is 0.0781 e. The second kappa shape index (κ2) is 4.06. The molecule has 1 aromatic heterocycles. The van der Waals surface area contributed by atoms with Crippen molar-refractivity contribution >= 4 is 0 Å². The third-order valence-corrected chi connectivity index (χ3v) is 2.75. The van der Waals surface area contributed by atoms with Crippen molar-refractivity contribution in [1.82, 2.24) is 15.0 Å². The van der Waals surface area contributed by atoms with E-state index in [1.807, 2.05) is 4.68 Å². The maximum atomic E-state index is 5.94. The molecule has 0 aromatic carbocycles. The van der Waals surface area contributed by atoms with Crippen LogP contribution in [0.5, 0.6) is 0 Å². The number of hydrogen-bond donors (Lipinski definition) is 1. The van der Waals surface area contributed by atoms with Crippen LogP contribution in [0.15, 0.2) is 6.20 Å². The predicted molar refractivity (Wildman–Crippen MR) is 51.7 cm³/mol. The number of methoxy groups -OCH3 is 1. The van der Waals surface area contributed by atoms with E-state index in [0.29, 0.717) is 12.6 Å². The minimum atomic E-state index is -0.115. The molecule has 0 bridgehead atoms. The van der Waals surface area contributed by atoms with Crippen molar-refractivity contribution in [3.05, 3.63) is 11.9 Å². The Morgan fingerprint density at radius 1 is 1.71 bits per heavy atom. The molecule has 1 aromatic rings. The van der Waals surface area contributed by atoms with E-state index >= 15 is 0 Å². The van der Waals surface area contributed by atoms with Gasteiger partial charge in [0.15, 0.2) is 0 Å². The first-order chi connectivity index (χ1) is 6.83. The van der Waals surface area contributed by atoms with E-state index in [0.717, 1.165) is 5.69 Å². The Kier molecular flexibility index (Phi) is 2.79. The van der Waals surface area contributed by atoms with Crippen molar-refractivity contribution in [2.45, 2.75) is 31.3 Å². The van der Waals surface area contributed by atoms with Gasteiger partial charge in [0.2, 0.25) is 0 Å². The van der Waals surface area contributed by atoms with Gasteiger partial charge in [-0.05, 0) is 19.3 Å². The fourth-order valence-electron chi connectivity index (χ4n) is 1.70. The predicted octanol–water partition coefficient (Wildman–Crippen LogP) is 0.649. The van der Waals surface area contributed by atoms with Crippen LogP contribution in [0.1, 0.15) is 37.0 Å². The lowest BCUT2D eigenvalue weighted by Crippen LogP contribution is -2.26. The highest BCUT2D eigenvalue weighted by atomic mass is 16.5. The first-order valence-electron chi connectivity index (χ1n) is 4.97. The Balaban J connectivity index is 2.11. The van der Waals surface area contributed by atoms with E-state index in [1.54, 1.807) is 13.3 Å². The summed E-state index contributed by atoms with van der Waals surface area (Å²) in [6, 6.07) is 0.394. The zero-order valence-corrected chi connectivity index (χ0v) is 8.39. The molecular formula is C9H16N4O. The van der Waals surface area contributed by atoms with E-state index in [-0.39, 0.29) is 6.04 Å². The summed E-state index contributed by atoms with van der Waals surface area (Å²) in [6.45, 7) is 0.514. The normalized spacial score (nSPS) is 19.3. The monoisotopic (exact) mass is 196 g/mol. The van der Waals surface area contributed by atoms with Gasteiger partial charge in [-0.25, -0.2) is 4.68 Å². The van der Waals surface area contributed by atoms with Crippen LogP contribution >= 0.6 is 0 Å². The van der Waals surface area contributed by atoms with Crippen molar-refractivity contribution < 1.29 is 4.74 Å². The van der Waals surface area contributed by atoms with Gasteiger partial charge in [-0.3, -0.25) is 0 Å². The Morgan fingerprint density at radius 3 is 3.07 bits per heavy atom. The lowest BCUT2D eigenvalue weighted by Gasteiger charge is -2.27. The molecule has 5 heteroatoms. The van der Waals surface area contributed by atoms with Crippen LogP contribution in [0.25, 0.3) is 0 Å². The molecule has 1 fully saturated rings. The van der Waals surface area contributed by atoms with Gasteiger partial charge in [-0.15, -0.1) is 5.10 Å². The standard InChI is InChI=1S/C9H16N4O/c1-14-6-8(10)9-5-11-12-13(9)7-3-2-4-7/h5,7-8H,2-4,6,10H2,1H3/t8-/m0/s1. The summed E-state index contributed by atoms with van der Waals surface area (Å²) in [7, 11) is 1.65.